The summed E-state index contributed by atoms with van der Waals surface area (Å²) in [6.45, 7) is 2.71. The van der Waals surface area contributed by atoms with Crippen molar-refractivity contribution >= 4 is 5.71 Å². The molecule has 0 spiro atoms. The van der Waals surface area contributed by atoms with Gasteiger partial charge in [-0.15, -0.1) is 13.2 Å². The van der Waals surface area contributed by atoms with Gasteiger partial charge in [0.25, 0.3) is 0 Å². The number of likely N-dealkylation sites (tertiary alicyclic amines) is 1. The first-order valence-electron chi connectivity index (χ1n) is 9.05. The molecule has 0 radical (unpaired) electrons. The van der Waals surface area contributed by atoms with E-state index in [1.807, 2.05) is 6.08 Å². The van der Waals surface area contributed by atoms with Gasteiger partial charge in [-0.2, -0.15) is 0 Å². The number of ether oxygens (including phenoxy) is 1. The van der Waals surface area contributed by atoms with Gasteiger partial charge in [0, 0.05) is 42.5 Å². The highest BCUT2D eigenvalue weighted by Crippen LogP contribution is 2.29. The second-order valence-corrected chi connectivity index (χ2v) is 6.91. The molecule has 3 rings (SSSR count). The lowest BCUT2D eigenvalue weighted by Gasteiger charge is -2.35. The Hall–Kier alpha value is -1.96. The second kappa shape index (κ2) is 7.73. The first kappa shape index (κ1) is 18.8. The summed E-state index contributed by atoms with van der Waals surface area (Å²) in [6, 6.07) is 0. The predicted molar refractivity (Wildman–Crippen MR) is 93.2 cm³/mol. The lowest BCUT2D eigenvalue weighted by atomic mass is 9.87. The maximum atomic E-state index is 12.5. The average Bonchev–Trinajstić information content (AvgIpc) is 2.62. The Bertz CT molecular complexity index is 633. The van der Waals surface area contributed by atoms with E-state index in [0.717, 1.165) is 38.3 Å². The predicted octanol–water partition coefficient (Wildman–Crippen LogP) is 3.02. The summed E-state index contributed by atoms with van der Waals surface area (Å²) in [5, 5.41) is 11.9. The van der Waals surface area contributed by atoms with Crippen molar-refractivity contribution in [2.75, 3.05) is 19.6 Å². The Kier molecular flexibility index (Phi) is 5.60. The normalized spacial score (nSPS) is 27.2. The van der Waals surface area contributed by atoms with Gasteiger partial charge in [-0.3, -0.25) is 4.74 Å². The van der Waals surface area contributed by atoms with Crippen LogP contribution in [0.1, 0.15) is 32.1 Å². The minimum absolute atomic E-state index is 0.0587. The van der Waals surface area contributed by atoms with Crippen molar-refractivity contribution < 1.29 is 17.9 Å². The average molecular weight is 370 g/mol. The summed E-state index contributed by atoms with van der Waals surface area (Å²) in [5.74, 6) is 0.851. The number of alkyl halides is 3. The number of nitrogens with zero attached hydrogens (tertiary/aromatic N) is 1. The highest BCUT2D eigenvalue weighted by Gasteiger charge is 2.34. The molecule has 26 heavy (non-hydrogen) atoms. The second-order valence-electron chi connectivity index (χ2n) is 6.91. The topological polar surface area (TPSA) is 74.4 Å². The van der Waals surface area contributed by atoms with E-state index in [4.69, 9.17) is 11.1 Å². The van der Waals surface area contributed by atoms with Crippen molar-refractivity contribution in [3.63, 3.8) is 0 Å². The van der Waals surface area contributed by atoms with E-state index in [2.05, 4.69) is 15.0 Å². The molecular weight excluding hydrogens is 345 g/mol. The number of rotatable bonds is 4. The van der Waals surface area contributed by atoms with Crippen LogP contribution in [-0.4, -0.2) is 42.7 Å². The van der Waals surface area contributed by atoms with E-state index in [1.54, 1.807) is 0 Å². The number of nitrogens with one attached hydrogen (secondary N) is 2. The molecule has 3 aliphatic rings. The lowest BCUT2D eigenvalue weighted by Crippen LogP contribution is -2.40. The third-order valence-corrected chi connectivity index (χ3v) is 5.00. The molecule has 0 aromatic rings. The van der Waals surface area contributed by atoms with Crippen molar-refractivity contribution in [2.45, 2.75) is 44.6 Å². The zero-order valence-electron chi connectivity index (χ0n) is 14.6. The van der Waals surface area contributed by atoms with E-state index >= 15 is 0 Å². The maximum absolute atomic E-state index is 12.5. The zero-order valence-corrected chi connectivity index (χ0v) is 14.6. The molecule has 0 bridgehead atoms. The first-order valence-corrected chi connectivity index (χ1v) is 9.05. The number of piperidine rings is 1. The van der Waals surface area contributed by atoms with E-state index in [9.17, 15) is 13.2 Å². The molecule has 4 N–H and O–H groups in total. The van der Waals surface area contributed by atoms with Crippen LogP contribution in [0.5, 0.6) is 0 Å². The van der Waals surface area contributed by atoms with Crippen LogP contribution in [0.2, 0.25) is 0 Å². The number of hydrogen-bond donors (Lipinski definition) is 3. The summed E-state index contributed by atoms with van der Waals surface area (Å²) in [5.41, 5.74) is 6.92. The molecular formula is C18H25F3N4O. The minimum Gasteiger partial charge on any atom is -0.398 e. The SMILES string of the molecule is N=C(C1=CC(OC(F)(F)F)CC=C1N)C1C=C(N2CCCCC2)NCC1. The molecule has 8 heteroatoms. The Labute approximate surface area is 151 Å². The standard InChI is InChI=1S/C18H25F3N4O/c19-18(20,21)26-13-4-5-15(22)14(11-13)17(23)12-6-7-24-16(10-12)25-8-2-1-3-9-25/h5,10-13,23-24H,1-4,6-9,22H2. The van der Waals surface area contributed by atoms with Crippen LogP contribution < -0.4 is 11.1 Å². The van der Waals surface area contributed by atoms with Crippen molar-refractivity contribution in [3.8, 4) is 0 Å². The third-order valence-electron chi connectivity index (χ3n) is 5.00. The molecule has 1 saturated heterocycles. The van der Waals surface area contributed by atoms with Gasteiger partial charge in [-0.25, -0.2) is 0 Å². The van der Waals surface area contributed by atoms with Crippen LogP contribution in [0.3, 0.4) is 0 Å². The number of hydrogen-bond acceptors (Lipinski definition) is 5. The molecule has 0 saturated carbocycles. The van der Waals surface area contributed by atoms with Crippen LogP contribution in [0.25, 0.3) is 0 Å². The Morgan fingerprint density at radius 3 is 2.65 bits per heavy atom. The molecule has 2 atom stereocenters. The van der Waals surface area contributed by atoms with Crippen LogP contribution in [0.4, 0.5) is 13.2 Å². The summed E-state index contributed by atoms with van der Waals surface area (Å²) >= 11 is 0. The van der Waals surface area contributed by atoms with Gasteiger partial charge in [0.1, 0.15) is 0 Å². The van der Waals surface area contributed by atoms with Crippen LogP contribution in [-0.2, 0) is 4.74 Å². The van der Waals surface area contributed by atoms with Crippen molar-refractivity contribution in [1.82, 2.24) is 10.2 Å². The Balaban J connectivity index is 1.75. The summed E-state index contributed by atoms with van der Waals surface area (Å²) in [6.07, 6.45) is 3.33. The largest absolute Gasteiger partial charge is 0.523 e. The molecule has 0 amide bonds. The van der Waals surface area contributed by atoms with Crippen molar-refractivity contribution in [2.24, 2.45) is 11.7 Å². The smallest absolute Gasteiger partial charge is 0.398 e. The quantitative estimate of drug-likeness (QED) is 0.665. The van der Waals surface area contributed by atoms with E-state index in [1.165, 1.54) is 18.6 Å². The van der Waals surface area contributed by atoms with Crippen molar-refractivity contribution in [1.29, 1.82) is 5.41 Å². The van der Waals surface area contributed by atoms with Crippen LogP contribution >= 0.6 is 0 Å². The highest BCUT2D eigenvalue weighted by atomic mass is 19.4. The minimum atomic E-state index is -4.70. The first-order chi connectivity index (χ1) is 12.3. The molecule has 1 aliphatic carbocycles. The van der Waals surface area contributed by atoms with Crippen molar-refractivity contribution in [3.05, 3.63) is 35.3 Å². The van der Waals surface area contributed by atoms with E-state index < -0.39 is 12.5 Å². The molecule has 0 aromatic heterocycles. The molecule has 2 unspecified atom stereocenters. The molecule has 0 aromatic carbocycles. The van der Waals surface area contributed by atoms with E-state index in [-0.39, 0.29) is 18.1 Å². The maximum Gasteiger partial charge on any atom is 0.523 e. The Morgan fingerprint density at radius 2 is 1.96 bits per heavy atom. The van der Waals surface area contributed by atoms with Gasteiger partial charge < -0.3 is 21.4 Å². The van der Waals surface area contributed by atoms with Crippen LogP contribution in [0, 0.1) is 11.3 Å². The van der Waals surface area contributed by atoms with Gasteiger partial charge in [0.2, 0.25) is 0 Å². The molecule has 144 valence electrons. The number of allylic oxidation sites excluding steroid dienone is 2. The molecule has 1 fully saturated rings. The van der Waals surface area contributed by atoms with Gasteiger partial charge in [0.05, 0.1) is 11.9 Å². The Morgan fingerprint density at radius 1 is 1.23 bits per heavy atom. The monoisotopic (exact) mass is 370 g/mol. The number of nitrogens with two attached hydrogens (primary N) is 1. The highest BCUT2D eigenvalue weighted by molar-refractivity contribution is 6.04. The third kappa shape index (κ3) is 4.60. The fraction of sp³-hybridized carbons (Fsp3) is 0.611. The summed E-state index contributed by atoms with van der Waals surface area (Å²) in [4.78, 5) is 2.28. The van der Waals surface area contributed by atoms with Gasteiger partial charge in [-0.1, -0.05) is 6.08 Å². The van der Waals surface area contributed by atoms with E-state index in [0.29, 0.717) is 17.7 Å². The van der Waals surface area contributed by atoms with Gasteiger partial charge in [0.15, 0.2) is 0 Å². The van der Waals surface area contributed by atoms with Crippen LogP contribution in [0.15, 0.2) is 35.3 Å². The fourth-order valence-electron chi connectivity index (χ4n) is 3.67. The molecule has 2 aliphatic heterocycles. The lowest BCUT2D eigenvalue weighted by molar-refractivity contribution is -0.336. The number of halogens is 3. The van der Waals surface area contributed by atoms with Gasteiger partial charge in [-0.05, 0) is 44.3 Å². The molecule has 5 nitrogen and oxygen atoms in total. The zero-order chi connectivity index (χ0) is 18.7. The summed E-state index contributed by atoms with van der Waals surface area (Å²) < 4.78 is 41.6. The van der Waals surface area contributed by atoms with Gasteiger partial charge >= 0.3 is 6.36 Å². The molecule has 2 heterocycles. The fourth-order valence-corrected chi connectivity index (χ4v) is 3.67. The summed E-state index contributed by atoms with van der Waals surface area (Å²) in [7, 11) is 0.